The third-order valence-electron chi connectivity index (χ3n) is 4.73. The van der Waals surface area contributed by atoms with Crippen LogP contribution in [0.25, 0.3) is 5.57 Å². The van der Waals surface area contributed by atoms with Gasteiger partial charge in [0.05, 0.1) is 12.6 Å². The van der Waals surface area contributed by atoms with Crippen LogP contribution in [-0.4, -0.2) is 48.6 Å². The highest BCUT2D eigenvalue weighted by Gasteiger charge is 2.33. The minimum atomic E-state index is -4.58. The van der Waals surface area contributed by atoms with Crippen molar-refractivity contribution in [2.24, 2.45) is 0 Å². The summed E-state index contributed by atoms with van der Waals surface area (Å²) in [7, 11) is 0. The quantitative estimate of drug-likeness (QED) is 0.627. The van der Waals surface area contributed by atoms with Crippen LogP contribution < -0.4 is 10.6 Å². The molecule has 1 aliphatic rings. The van der Waals surface area contributed by atoms with E-state index < -0.39 is 23.7 Å². The van der Waals surface area contributed by atoms with E-state index in [2.05, 4.69) is 15.1 Å². The largest absolute Gasteiger partial charge is 0.435 e. The highest BCUT2D eigenvalue weighted by Crippen LogP contribution is 2.27. The van der Waals surface area contributed by atoms with Crippen LogP contribution >= 0.6 is 0 Å². The molecule has 2 aromatic heterocycles. The smallest absolute Gasteiger partial charge is 0.387 e. The van der Waals surface area contributed by atoms with Crippen molar-refractivity contribution in [3.63, 3.8) is 0 Å². The second-order valence-corrected chi connectivity index (χ2v) is 6.88. The Morgan fingerprint density at radius 1 is 1.16 bits per heavy atom. The van der Waals surface area contributed by atoms with Gasteiger partial charge >= 0.3 is 11.9 Å². The van der Waals surface area contributed by atoms with Crippen molar-refractivity contribution in [3.05, 3.63) is 76.5 Å². The molecule has 0 fully saturated rings. The van der Waals surface area contributed by atoms with Gasteiger partial charge in [0.1, 0.15) is 18.8 Å². The van der Waals surface area contributed by atoms with Gasteiger partial charge in [-0.05, 0) is 29.3 Å². The van der Waals surface area contributed by atoms with Crippen molar-refractivity contribution in [2.45, 2.75) is 18.9 Å². The van der Waals surface area contributed by atoms with Gasteiger partial charge in [-0.1, -0.05) is 18.2 Å². The Kier molecular flexibility index (Phi) is 5.31. The summed E-state index contributed by atoms with van der Waals surface area (Å²) < 4.78 is 53.0. The molecule has 1 N–H and O–H groups in total. The van der Waals surface area contributed by atoms with E-state index in [-0.39, 0.29) is 25.0 Å². The Bertz CT molecular complexity index is 1170. The number of alkyl halides is 3. The molecule has 4 rings (SSSR count). The maximum atomic E-state index is 13.1. The molecule has 0 bridgehead atoms. The van der Waals surface area contributed by atoms with E-state index in [1.807, 2.05) is 0 Å². The fraction of sp³-hybridized carbons (Fsp3) is 0.263. The number of hydrogen-bond donors (Lipinski definition) is 1. The van der Waals surface area contributed by atoms with Crippen LogP contribution in [0.1, 0.15) is 11.3 Å². The van der Waals surface area contributed by atoms with Crippen LogP contribution in [0.2, 0.25) is 0 Å². The number of β-amino-alcohol motifs (C(OH)–C–C–N with tert-alkyl or cyclic N) is 1. The fourth-order valence-corrected chi connectivity index (χ4v) is 3.19. The highest BCUT2D eigenvalue weighted by molar-refractivity contribution is 5.71. The van der Waals surface area contributed by atoms with Gasteiger partial charge in [-0.25, -0.2) is 14.2 Å². The zero-order valence-corrected chi connectivity index (χ0v) is 15.9. The van der Waals surface area contributed by atoms with E-state index in [4.69, 9.17) is 0 Å². The topological polar surface area (TPSA) is 89.1 Å². The molecule has 0 saturated carbocycles. The molecule has 3 aromatic rings. The van der Waals surface area contributed by atoms with Gasteiger partial charge in [0.15, 0.2) is 5.69 Å². The standard InChI is InChI=1S/C19H16F4N6O2/c20-13-3-1-12(2-4-13)14-5-7-27(9-15(14)30)17-24-10-28(18(31)25-17)11-29-8-6-16(26-29)19(21,22)23/h1-6,8,10,15,30H,7,9,11H2. The normalized spacial score (nSPS) is 17.0. The summed E-state index contributed by atoms with van der Waals surface area (Å²) in [5.74, 6) is -0.305. The lowest BCUT2D eigenvalue weighted by Crippen LogP contribution is -2.40. The molecule has 0 radical (unpaired) electrons. The summed E-state index contributed by atoms with van der Waals surface area (Å²) in [6.07, 6.45) is -1.49. The average molecular weight is 436 g/mol. The molecule has 0 saturated heterocycles. The van der Waals surface area contributed by atoms with E-state index in [0.29, 0.717) is 17.7 Å². The summed E-state index contributed by atoms with van der Waals surface area (Å²) in [5, 5.41) is 13.8. The summed E-state index contributed by atoms with van der Waals surface area (Å²) in [6.45, 7) is 0.133. The zero-order valence-electron chi connectivity index (χ0n) is 15.9. The molecule has 3 heterocycles. The maximum Gasteiger partial charge on any atom is 0.435 e. The highest BCUT2D eigenvalue weighted by atomic mass is 19.4. The van der Waals surface area contributed by atoms with Gasteiger partial charge < -0.3 is 10.0 Å². The molecule has 1 unspecified atom stereocenters. The number of halogens is 4. The molecular weight excluding hydrogens is 420 g/mol. The van der Waals surface area contributed by atoms with Gasteiger partial charge in [0.25, 0.3) is 0 Å². The van der Waals surface area contributed by atoms with Crippen molar-refractivity contribution >= 4 is 11.5 Å². The van der Waals surface area contributed by atoms with E-state index >= 15 is 0 Å². The second-order valence-electron chi connectivity index (χ2n) is 6.88. The number of aliphatic hydroxyl groups excluding tert-OH is 1. The number of rotatable bonds is 4. The Hall–Kier alpha value is -3.54. The summed E-state index contributed by atoms with van der Waals surface area (Å²) in [6, 6.07) is 6.54. The molecule has 0 amide bonds. The van der Waals surface area contributed by atoms with Crippen LogP contribution in [0.5, 0.6) is 0 Å². The van der Waals surface area contributed by atoms with Gasteiger partial charge in [-0.2, -0.15) is 23.3 Å². The first kappa shape index (κ1) is 20.7. The number of aromatic nitrogens is 5. The predicted octanol–water partition coefficient (Wildman–Crippen LogP) is 1.76. The molecule has 31 heavy (non-hydrogen) atoms. The Labute approximate surface area is 172 Å². The van der Waals surface area contributed by atoms with Crippen molar-refractivity contribution < 1.29 is 22.7 Å². The minimum Gasteiger partial charge on any atom is -0.387 e. The van der Waals surface area contributed by atoms with Crippen LogP contribution in [0.15, 0.2) is 53.7 Å². The molecule has 8 nitrogen and oxygen atoms in total. The minimum absolute atomic E-state index is 0.0751. The maximum absolute atomic E-state index is 13.1. The molecule has 1 atom stereocenters. The molecule has 0 spiro atoms. The first-order chi connectivity index (χ1) is 14.7. The molecule has 1 aliphatic heterocycles. The Morgan fingerprint density at radius 2 is 1.90 bits per heavy atom. The number of aliphatic hydroxyl groups is 1. The van der Waals surface area contributed by atoms with Crippen molar-refractivity contribution in [1.29, 1.82) is 0 Å². The first-order valence-electron chi connectivity index (χ1n) is 9.14. The third-order valence-corrected chi connectivity index (χ3v) is 4.73. The second kappa shape index (κ2) is 7.95. The lowest BCUT2D eigenvalue weighted by Gasteiger charge is -2.30. The van der Waals surface area contributed by atoms with Crippen molar-refractivity contribution in [3.8, 4) is 0 Å². The molecule has 162 valence electrons. The average Bonchev–Trinajstić information content (AvgIpc) is 3.19. The number of anilines is 1. The van der Waals surface area contributed by atoms with E-state index in [9.17, 15) is 27.5 Å². The third kappa shape index (κ3) is 4.48. The van der Waals surface area contributed by atoms with Crippen LogP contribution in [-0.2, 0) is 12.8 Å². The zero-order chi connectivity index (χ0) is 22.2. The summed E-state index contributed by atoms with van der Waals surface area (Å²) in [4.78, 5) is 21.8. The van der Waals surface area contributed by atoms with Crippen LogP contribution in [0, 0.1) is 5.82 Å². The van der Waals surface area contributed by atoms with Gasteiger partial charge in [0, 0.05) is 12.7 Å². The summed E-state index contributed by atoms with van der Waals surface area (Å²) >= 11 is 0. The SMILES string of the molecule is O=c1nc(N2CC=C(c3ccc(F)cc3)C(O)C2)ncn1Cn1ccc(C(F)(F)F)n1. The number of hydrogen-bond acceptors (Lipinski definition) is 6. The summed E-state index contributed by atoms with van der Waals surface area (Å²) in [5.41, 5.74) is -0.480. The molecular formula is C19H16F4N6O2. The van der Waals surface area contributed by atoms with E-state index in [1.54, 1.807) is 23.1 Å². The lowest BCUT2D eigenvalue weighted by molar-refractivity contribution is -0.141. The Morgan fingerprint density at radius 3 is 2.52 bits per heavy atom. The molecule has 1 aromatic carbocycles. The fourth-order valence-electron chi connectivity index (χ4n) is 3.19. The van der Waals surface area contributed by atoms with Gasteiger partial charge in [0.2, 0.25) is 5.95 Å². The van der Waals surface area contributed by atoms with E-state index in [0.717, 1.165) is 27.8 Å². The van der Waals surface area contributed by atoms with Gasteiger partial charge in [-0.15, -0.1) is 0 Å². The van der Waals surface area contributed by atoms with Crippen molar-refractivity contribution in [2.75, 3.05) is 18.0 Å². The van der Waals surface area contributed by atoms with Gasteiger partial charge in [-0.3, -0.25) is 9.25 Å². The first-order valence-corrected chi connectivity index (χ1v) is 9.14. The lowest BCUT2D eigenvalue weighted by atomic mass is 9.97. The van der Waals surface area contributed by atoms with Crippen LogP contribution in [0.3, 0.4) is 0 Å². The Balaban J connectivity index is 1.49. The monoisotopic (exact) mass is 436 g/mol. The molecule has 0 aliphatic carbocycles. The number of nitrogens with zero attached hydrogens (tertiary/aromatic N) is 6. The van der Waals surface area contributed by atoms with E-state index in [1.165, 1.54) is 12.1 Å². The molecule has 12 heteroatoms. The predicted molar refractivity (Wildman–Crippen MR) is 102 cm³/mol. The van der Waals surface area contributed by atoms with Crippen LogP contribution in [0.4, 0.5) is 23.5 Å². The number of benzene rings is 1. The van der Waals surface area contributed by atoms with Crippen molar-refractivity contribution in [1.82, 2.24) is 24.3 Å².